The number of rotatable bonds is 11. The van der Waals surface area contributed by atoms with E-state index in [1.54, 1.807) is 43.8 Å². The minimum absolute atomic E-state index is 0.0985. The van der Waals surface area contributed by atoms with Gasteiger partial charge in [-0.2, -0.15) is 4.31 Å². The molecule has 0 aliphatic heterocycles. The van der Waals surface area contributed by atoms with Gasteiger partial charge < -0.3 is 14.2 Å². The van der Waals surface area contributed by atoms with Crippen LogP contribution in [0.1, 0.15) is 17.1 Å². The zero-order chi connectivity index (χ0) is 24.7. The van der Waals surface area contributed by atoms with Gasteiger partial charge in [-0.05, 0) is 54.1 Å². The SMILES string of the molecule is CN(Cc1ccccc1)S(=O)(=O)c1ccc(NC(=O)CN(Cc2ccco2)Cc2ccco2)cc1. The molecule has 0 saturated carbocycles. The third-order valence-corrected chi connectivity index (χ3v) is 7.20. The molecule has 2 aromatic carbocycles. The minimum atomic E-state index is -3.67. The number of nitrogens with zero attached hydrogens (tertiary/aromatic N) is 2. The fourth-order valence-corrected chi connectivity index (χ4v) is 4.79. The second-order valence-electron chi connectivity index (χ2n) is 8.12. The summed E-state index contributed by atoms with van der Waals surface area (Å²) in [5, 5.41) is 2.83. The standard InChI is InChI=1S/C26H27N3O5S/c1-28(17-21-7-3-2-4-8-21)35(31,32)25-13-11-22(12-14-25)27-26(30)20-29(18-23-9-5-15-33-23)19-24-10-6-16-34-24/h2-16H,17-20H2,1H3,(H,27,30). The van der Waals surface area contributed by atoms with Crippen LogP contribution in [-0.2, 0) is 34.5 Å². The zero-order valence-electron chi connectivity index (χ0n) is 19.3. The van der Waals surface area contributed by atoms with Gasteiger partial charge >= 0.3 is 0 Å². The zero-order valence-corrected chi connectivity index (χ0v) is 20.1. The maximum Gasteiger partial charge on any atom is 0.243 e. The first-order valence-electron chi connectivity index (χ1n) is 11.1. The summed E-state index contributed by atoms with van der Waals surface area (Å²) in [5.74, 6) is 1.23. The van der Waals surface area contributed by atoms with Crippen LogP contribution in [0.4, 0.5) is 5.69 Å². The number of anilines is 1. The number of carbonyl (C=O) groups is 1. The van der Waals surface area contributed by atoms with Gasteiger partial charge in [-0.1, -0.05) is 30.3 Å². The smallest absolute Gasteiger partial charge is 0.243 e. The van der Waals surface area contributed by atoms with E-state index in [9.17, 15) is 13.2 Å². The highest BCUT2D eigenvalue weighted by Gasteiger charge is 2.21. The molecule has 182 valence electrons. The van der Waals surface area contributed by atoms with Gasteiger partial charge in [-0.15, -0.1) is 0 Å². The van der Waals surface area contributed by atoms with Crippen LogP contribution in [-0.4, -0.2) is 37.1 Å². The lowest BCUT2D eigenvalue weighted by atomic mass is 10.2. The van der Waals surface area contributed by atoms with Crippen molar-refractivity contribution in [3.05, 3.63) is 108 Å². The molecule has 1 N–H and O–H groups in total. The molecule has 9 heteroatoms. The van der Waals surface area contributed by atoms with Crippen LogP contribution in [0.2, 0.25) is 0 Å². The first kappa shape index (κ1) is 24.5. The Labute approximate surface area is 204 Å². The predicted octanol–water partition coefficient (Wildman–Crippen LogP) is 4.33. The average Bonchev–Trinajstić information content (AvgIpc) is 3.54. The summed E-state index contributed by atoms with van der Waals surface area (Å²) in [6.07, 6.45) is 3.18. The first-order valence-corrected chi connectivity index (χ1v) is 12.5. The second kappa shape index (κ2) is 11.2. The molecule has 0 aliphatic carbocycles. The number of hydrogen-bond acceptors (Lipinski definition) is 6. The lowest BCUT2D eigenvalue weighted by molar-refractivity contribution is -0.117. The molecular formula is C26H27N3O5S. The van der Waals surface area contributed by atoms with Crippen LogP contribution in [0, 0.1) is 0 Å². The van der Waals surface area contributed by atoms with Crippen molar-refractivity contribution in [1.82, 2.24) is 9.21 Å². The highest BCUT2D eigenvalue weighted by Crippen LogP contribution is 2.19. The van der Waals surface area contributed by atoms with Crippen molar-refractivity contribution in [3.63, 3.8) is 0 Å². The first-order chi connectivity index (χ1) is 16.9. The van der Waals surface area contributed by atoms with Crippen LogP contribution in [0.3, 0.4) is 0 Å². The molecule has 0 unspecified atom stereocenters. The van der Waals surface area contributed by atoms with Gasteiger partial charge in [0, 0.05) is 19.3 Å². The molecule has 2 heterocycles. The molecule has 35 heavy (non-hydrogen) atoms. The van der Waals surface area contributed by atoms with E-state index in [4.69, 9.17) is 8.83 Å². The number of furan rings is 2. The fourth-order valence-electron chi connectivity index (χ4n) is 3.63. The molecule has 0 spiro atoms. The van der Waals surface area contributed by atoms with Crippen molar-refractivity contribution < 1.29 is 22.0 Å². The van der Waals surface area contributed by atoms with E-state index in [-0.39, 0.29) is 23.9 Å². The van der Waals surface area contributed by atoms with Gasteiger partial charge in [-0.25, -0.2) is 8.42 Å². The molecule has 0 radical (unpaired) electrons. The summed E-state index contributed by atoms with van der Waals surface area (Å²) in [6, 6.07) is 22.9. The Hall–Kier alpha value is -3.66. The van der Waals surface area contributed by atoms with Gasteiger partial charge in [0.05, 0.1) is 37.1 Å². The third-order valence-electron chi connectivity index (χ3n) is 5.38. The Morgan fingerprint density at radius 1 is 0.800 bits per heavy atom. The van der Waals surface area contributed by atoms with E-state index in [0.717, 1.165) is 17.1 Å². The third kappa shape index (κ3) is 6.69. The molecule has 0 saturated heterocycles. The number of amides is 1. The highest BCUT2D eigenvalue weighted by atomic mass is 32.2. The Kier molecular flexibility index (Phi) is 7.81. The quantitative estimate of drug-likeness (QED) is 0.334. The van der Waals surface area contributed by atoms with Gasteiger partial charge in [0.2, 0.25) is 15.9 Å². The largest absolute Gasteiger partial charge is 0.468 e. The number of nitrogens with one attached hydrogen (secondary N) is 1. The Morgan fingerprint density at radius 3 is 1.94 bits per heavy atom. The molecule has 4 aromatic rings. The molecule has 0 bridgehead atoms. The van der Waals surface area contributed by atoms with E-state index >= 15 is 0 Å². The minimum Gasteiger partial charge on any atom is -0.468 e. The predicted molar refractivity (Wildman–Crippen MR) is 132 cm³/mol. The average molecular weight is 494 g/mol. The topological polar surface area (TPSA) is 96.0 Å². The monoisotopic (exact) mass is 493 g/mol. The van der Waals surface area contributed by atoms with Crippen LogP contribution < -0.4 is 5.32 Å². The summed E-state index contributed by atoms with van der Waals surface area (Å²) in [5.41, 5.74) is 1.41. The van der Waals surface area contributed by atoms with Crippen molar-refractivity contribution in [3.8, 4) is 0 Å². The van der Waals surface area contributed by atoms with Crippen molar-refractivity contribution in [2.75, 3.05) is 18.9 Å². The summed E-state index contributed by atoms with van der Waals surface area (Å²) >= 11 is 0. The lowest BCUT2D eigenvalue weighted by Crippen LogP contribution is -2.32. The maximum atomic E-state index is 12.9. The van der Waals surface area contributed by atoms with Gasteiger partial charge in [0.1, 0.15) is 11.5 Å². The van der Waals surface area contributed by atoms with Crippen LogP contribution >= 0.6 is 0 Å². The number of sulfonamides is 1. The molecule has 1 amide bonds. The van der Waals surface area contributed by atoms with Crippen LogP contribution in [0.5, 0.6) is 0 Å². The maximum absolute atomic E-state index is 12.9. The van der Waals surface area contributed by atoms with Gasteiger partial charge in [0.15, 0.2) is 0 Å². The number of benzene rings is 2. The van der Waals surface area contributed by atoms with E-state index in [1.165, 1.54) is 16.4 Å². The van der Waals surface area contributed by atoms with Crippen molar-refractivity contribution in [2.45, 2.75) is 24.5 Å². The molecule has 0 fully saturated rings. The van der Waals surface area contributed by atoms with Crippen molar-refractivity contribution in [1.29, 1.82) is 0 Å². The normalized spacial score (nSPS) is 11.7. The van der Waals surface area contributed by atoms with E-state index < -0.39 is 10.0 Å². The fraction of sp³-hybridized carbons (Fsp3) is 0.192. The lowest BCUT2D eigenvalue weighted by Gasteiger charge is -2.20. The molecule has 0 aliphatic rings. The van der Waals surface area contributed by atoms with Crippen molar-refractivity contribution in [2.24, 2.45) is 0 Å². The molecule has 8 nitrogen and oxygen atoms in total. The molecule has 2 aromatic heterocycles. The summed E-state index contributed by atoms with van der Waals surface area (Å²) in [4.78, 5) is 14.8. The summed E-state index contributed by atoms with van der Waals surface area (Å²) in [7, 11) is -2.12. The van der Waals surface area contributed by atoms with Crippen LogP contribution in [0.15, 0.2) is 105 Å². The number of carbonyl (C=O) groups excluding carboxylic acids is 1. The van der Waals surface area contributed by atoms with E-state index in [2.05, 4.69) is 5.32 Å². The van der Waals surface area contributed by atoms with E-state index in [1.807, 2.05) is 47.4 Å². The molecular weight excluding hydrogens is 466 g/mol. The van der Waals surface area contributed by atoms with Crippen LogP contribution in [0.25, 0.3) is 0 Å². The molecule has 0 atom stereocenters. The summed E-state index contributed by atoms with van der Waals surface area (Å²) in [6.45, 7) is 1.24. The Morgan fingerprint density at radius 2 is 1.40 bits per heavy atom. The van der Waals surface area contributed by atoms with Gasteiger partial charge in [0.25, 0.3) is 0 Å². The highest BCUT2D eigenvalue weighted by molar-refractivity contribution is 7.89. The second-order valence-corrected chi connectivity index (χ2v) is 10.2. The summed E-state index contributed by atoms with van der Waals surface area (Å²) < 4.78 is 38.0. The Bertz CT molecular complexity index is 1270. The van der Waals surface area contributed by atoms with Crippen molar-refractivity contribution >= 4 is 21.6 Å². The van der Waals surface area contributed by atoms with E-state index in [0.29, 0.717) is 18.8 Å². The molecule has 4 rings (SSSR count). The van der Waals surface area contributed by atoms with Gasteiger partial charge in [-0.3, -0.25) is 9.69 Å². The Balaban J connectivity index is 1.38. The number of hydrogen-bond donors (Lipinski definition) is 1.